The van der Waals surface area contributed by atoms with Gasteiger partial charge in [0.25, 0.3) is 0 Å². The molecule has 2 rings (SSSR count). The first kappa shape index (κ1) is 12.8. The molecule has 0 unspecified atom stereocenters. The summed E-state index contributed by atoms with van der Waals surface area (Å²) in [4.78, 5) is 11.6. The summed E-state index contributed by atoms with van der Waals surface area (Å²) < 4.78 is 18.2. The van der Waals surface area contributed by atoms with Crippen molar-refractivity contribution in [2.24, 2.45) is 0 Å². The van der Waals surface area contributed by atoms with Gasteiger partial charge in [0.2, 0.25) is 5.91 Å². The first-order valence-electron chi connectivity index (χ1n) is 6.15. The largest absolute Gasteiger partial charge is 0.492 e. The molecular weight excluding hydrogens is 235 g/mol. The van der Waals surface area contributed by atoms with Crippen LogP contribution in [-0.2, 0) is 4.79 Å². The minimum atomic E-state index is -0.327. The van der Waals surface area contributed by atoms with Crippen molar-refractivity contribution in [2.45, 2.75) is 18.9 Å². The first-order valence-corrected chi connectivity index (χ1v) is 6.15. The standard InChI is InChI=1S/C13H17FN2O2/c14-10-3-1-4-11(9-10)18-8-7-16-13(17)12-5-2-6-15-12/h1,3-4,9,12,15H,2,5-8H2,(H,16,17)/t12-/m0/s1. The van der Waals surface area contributed by atoms with Gasteiger partial charge in [0.15, 0.2) is 0 Å². The molecule has 1 aromatic carbocycles. The van der Waals surface area contributed by atoms with E-state index in [1.165, 1.54) is 12.1 Å². The van der Waals surface area contributed by atoms with Gasteiger partial charge in [-0.05, 0) is 31.5 Å². The zero-order valence-corrected chi connectivity index (χ0v) is 10.1. The van der Waals surface area contributed by atoms with Gasteiger partial charge in [0, 0.05) is 6.07 Å². The van der Waals surface area contributed by atoms with Crippen LogP contribution in [0.2, 0.25) is 0 Å². The van der Waals surface area contributed by atoms with E-state index in [2.05, 4.69) is 10.6 Å². The summed E-state index contributed by atoms with van der Waals surface area (Å²) in [5.74, 6) is 0.158. The Labute approximate surface area is 106 Å². The van der Waals surface area contributed by atoms with E-state index in [4.69, 9.17) is 4.74 Å². The molecule has 1 amide bonds. The molecule has 0 bridgehead atoms. The third-order valence-corrected chi connectivity index (χ3v) is 2.84. The van der Waals surface area contributed by atoms with E-state index >= 15 is 0 Å². The van der Waals surface area contributed by atoms with Gasteiger partial charge in [0.05, 0.1) is 12.6 Å². The monoisotopic (exact) mass is 252 g/mol. The zero-order chi connectivity index (χ0) is 12.8. The number of halogens is 1. The van der Waals surface area contributed by atoms with Crippen molar-refractivity contribution < 1.29 is 13.9 Å². The van der Waals surface area contributed by atoms with Gasteiger partial charge in [0.1, 0.15) is 18.2 Å². The van der Waals surface area contributed by atoms with Crippen LogP contribution in [0.15, 0.2) is 24.3 Å². The molecule has 1 aliphatic heterocycles. The van der Waals surface area contributed by atoms with Gasteiger partial charge in [-0.2, -0.15) is 0 Å². The Hall–Kier alpha value is -1.62. The molecule has 1 heterocycles. The van der Waals surface area contributed by atoms with E-state index in [1.54, 1.807) is 12.1 Å². The Morgan fingerprint density at radius 1 is 1.56 bits per heavy atom. The van der Waals surface area contributed by atoms with Crippen LogP contribution in [0.4, 0.5) is 4.39 Å². The molecule has 1 aliphatic rings. The van der Waals surface area contributed by atoms with Crippen LogP contribution >= 0.6 is 0 Å². The SMILES string of the molecule is O=C(NCCOc1cccc(F)c1)[C@@H]1CCCN1. The third-order valence-electron chi connectivity index (χ3n) is 2.84. The topological polar surface area (TPSA) is 50.4 Å². The van der Waals surface area contributed by atoms with Crippen molar-refractivity contribution in [1.29, 1.82) is 0 Å². The summed E-state index contributed by atoms with van der Waals surface area (Å²) in [6.07, 6.45) is 1.93. The van der Waals surface area contributed by atoms with E-state index < -0.39 is 0 Å². The Morgan fingerprint density at radius 3 is 3.17 bits per heavy atom. The molecule has 0 radical (unpaired) electrons. The maximum atomic E-state index is 12.9. The normalized spacial score (nSPS) is 18.6. The second-order valence-electron chi connectivity index (χ2n) is 4.25. The van der Waals surface area contributed by atoms with Crippen molar-refractivity contribution >= 4 is 5.91 Å². The summed E-state index contributed by atoms with van der Waals surface area (Å²) in [6, 6.07) is 5.88. The summed E-state index contributed by atoms with van der Waals surface area (Å²) in [7, 11) is 0. The number of amides is 1. The minimum absolute atomic E-state index is 0.00958. The highest BCUT2D eigenvalue weighted by molar-refractivity contribution is 5.81. The van der Waals surface area contributed by atoms with Crippen molar-refractivity contribution in [3.63, 3.8) is 0 Å². The highest BCUT2D eigenvalue weighted by Crippen LogP contribution is 2.11. The lowest BCUT2D eigenvalue weighted by Crippen LogP contribution is -2.41. The molecular formula is C13H17FN2O2. The van der Waals surface area contributed by atoms with Crippen LogP contribution in [0.25, 0.3) is 0 Å². The number of hydrogen-bond acceptors (Lipinski definition) is 3. The van der Waals surface area contributed by atoms with Crippen molar-refractivity contribution in [2.75, 3.05) is 19.7 Å². The van der Waals surface area contributed by atoms with Crippen LogP contribution in [0.3, 0.4) is 0 Å². The quantitative estimate of drug-likeness (QED) is 0.771. The number of carbonyl (C=O) groups excluding carboxylic acids is 1. The maximum absolute atomic E-state index is 12.9. The summed E-state index contributed by atoms with van der Waals surface area (Å²) in [6.45, 7) is 1.66. The highest BCUT2D eigenvalue weighted by atomic mass is 19.1. The summed E-state index contributed by atoms with van der Waals surface area (Å²) in [5.41, 5.74) is 0. The molecule has 98 valence electrons. The predicted octanol–water partition coefficient (Wildman–Crippen LogP) is 1.07. The fraction of sp³-hybridized carbons (Fsp3) is 0.462. The molecule has 0 aromatic heterocycles. The van der Waals surface area contributed by atoms with Crippen LogP contribution < -0.4 is 15.4 Å². The molecule has 1 atom stereocenters. The van der Waals surface area contributed by atoms with Crippen LogP contribution in [0.1, 0.15) is 12.8 Å². The van der Waals surface area contributed by atoms with E-state index in [1.807, 2.05) is 0 Å². The van der Waals surface area contributed by atoms with Gasteiger partial charge in [-0.25, -0.2) is 4.39 Å². The molecule has 0 spiro atoms. The fourth-order valence-electron chi connectivity index (χ4n) is 1.93. The number of carbonyl (C=O) groups is 1. The smallest absolute Gasteiger partial charge is 0.237 e. The number of hydrogen-bond donors (Lipinski definition) is 2. The first-order chi connectivity index (χ1) is 8.75. The number of nitrogens with one attached hydrogen (secondary N) is 2. The lowest BCUT2D eigenvalue weighted by atomic mass is 10.2. The Bertz CT molecular complexity index is 406. The average molecular weight is 252 g/mol. The van der Waals surface area contributed by atoms with E-state index in [9.17, 15) is 9.18 Å². The van der Waals surface area contributed by atoms with Crippen LogP contribution in [0, 0.1) is 5.82 Å². The second kappa shape index (κ2) is 6.35. The van der Waals surface area contributed by atoms with E-state index in [0.717, 1.165) is 19.4 Å². The molecule has 0 aliphatic carbocycles. The molecule has 5 heteroatoms. The Morgan fingerprint density at radius 2 is 2.44 bits per heavy atom. The second-order valence-corrected chi connectivity index (χ2v) is 4.25. The number of rotatable bonds is 5. The minimum Gasteiger partial charge on any atom is -0.492 e. The van der Waals surface area contributed by atoms with Crippen LogP contribution in [-0.4, -0.2) is 31.6 Å². The lowest BCUT2D eigenvalue weighted by molar-refractivity contribution is -0.122. The molecule has 1 aromatic rings. The van der Waals surface area contributed by atoms with Crippen molar-refractivity contribution in [1.82, 2.24) is 10.6 Å². The van der Waals surface area contributed by atoms with Crippen molar-refractivity contribution in [3.8, 4) is 5.75 Å². The average Bonchev–Trinajstić information content (AvgIpc) is 2.88. The molecule has 0 saturated carbocycles. The van der Waals surface area contributed by atoms with Gasteiger partial charge in [-0.15, -0.1) is 0 Å². The predicted molar refractivity (Wildman–Crippen MR) is 65.9 cm³/mol. The lowest BCUT2D eigenvalue weighted by Gasteiger charge is -2.11. The molecule has 18 heavy (non-hydrogen) atoms. The number of ether oxygens (including phenoxy) is 1. The summed E-state index contributed by atoms with van der Waals surface area (Å²) in [5, 5.41) is 5.91. The Balaban J connectivity index is 1.65. The molecule has 1 fully saturated rings. The van der Waals surface area contributed by atoms with Crippen LogP contribution in [0.5, 0.6) is 5.75 Å². The third kappa shape index (κ3) is 3.70. The molecule has 2 N–H and O–H groups in total. The fourth-order valence-corrected chi connectivity index (χ4v) is 1.93. The van der Waals surface area contributed by atoms with Gasteiger partial charge >= 0.3 is 0 Å². The number of benzene rings is 1. The zero-order valence-electron chi connectivity index (χ0n) is 10.1. The van der Waals surface area contributed by atoms with E-state index in [-0.39, 0.29) is 17.8 Å². The van der Waals surface area contributed by atoms with E-state index in [0.29, 0.717) is 18.9 Å². The maximum Gasteiger partial charge on any atom is 0.237 e. The van der Waals surface area contributed by atoms with Gasteiger partial charge < -0.3 is 15.4 Å². The molecule has 1 saturated heterocycles. The molecule has 4 nitrogen and oxygen atoms in total. The summed E-state index contributed by atoms with van der Waals surface area (Å²) >= 11 is 0. The van der Waals surface area contributed by atoms with Gasteiger partial charge in [-0.3, -0.25) is 4.79 Å². The van der Waals surface area contributed by atoms with Gasteiger partial charge in [-0.1, -0.05) is 6.07 Å². The van der Waals surface area contributed by atoms with Crippen molar-refractivity contribution in [3.05, 3.63) is 30.1 Å². The highest BCUT2D eigenvalue weighted by Gasteiger charge is 2.21. The Kier molecular flexibility index (Phi) is 4.52.